The summed E-state index contributed by atoms with van der Waals surface area (Å²) in [7, 11) is 4.21. The molecular formula is C14H22BrClN2. The first-order valence-corrected chi connectivity index (χ1v) is 7.27. The zero-order valence-electron chi connectivity index (χ0n) is 11.6. The van der Waals surface area contributed by atoms with E-state index in [0.717, 1.165) is 29.1 Å². The second-order valence-corrected chi connectivity index (χ2v) is 7.03. The van der Waals surface area contributed by atoms with Gasteiger partial charge in [-0.3, -0.25) is 0 Å². The Kier molecular flexibility index (Phi) is 6.12. The highest BCUT2D eigenvalue weighted by atomic mass is 79.9. The summed E-state index contributed by atoms with van der Waals surface area (Å²) in [5.74, 6) is 0. The van der Waals surface area contributed by atoms with Gasteiger partial charge in [0.2, 0.25) is 0 Å². The highest BCUT2D eigenvalue weighted by Crippen LogP contribution is 2.21. The van der Waals surface area contributed by atoms with Crippen molar-refractivity contribution in [2.75, 3.05) is 27.2 Å². The third kappa shape index (κ3) is 5.70. The Hall–Kier alpha value is -0.0900. The van der Waals surface area contributed by atoms with Gasteiger partial charge in [-0.25, -0.2) is 0 Å². The summed E-state index contributed by atoms with van der Waals surface area (Å²) in [5.41, 5.74) is 1.46. The minimum absolute atomic E-state index is 0.258. The Balaban J connectivity index is 2.48. The van der Waals surface area contributed by atoms with Crippen LogP contribution in [0.1, 0.15) is 19.4 Å². The van der Waals surface area contributed by atoms with Gasteiger partial charge in [0.05, 0.1) is 0 Å². The molecule has 0 aliphatic heterocycles. The predicted octanol–water partition coefficient (Wildman–Crippen LogP) is 3.78. The number of nitrogens with zero attached hydrogens (tertiary/aromatic N) is 1. The number of hydrogen-bond donors (Lipinski definition) is 1. The van der Waals surface area contributed by atoms with E-state index in [9.17, 15) is 0 Å². The van der Waals surface area contributed by atoms with Gasteiger partial charge in [0, 0.05) is 29.1 Å². The van der Waals surface area contributed by atoms with Crippen molar-refractivity contribution >= 4 is 27.5 Å². The lowest BCUT2D eigenvalue weighted by Crippen LogP contribution is -2.37. The molecule has 0 atom stereocenters. The number of hydrogen-bond acceptors (Lipinski definition) is 2. The van der Waals surface area contributed by atoms with Crippen molar-refractivity contribution < 1.29 is 0 Å². The van der Waals surface area contributed by atoms with Crippen molar-refractivity contribution in [3.05, 3.63) is 33.3 Å². The van der Waals surface area contributed by atoms with Crippen molar-refractivity contribution in [1.82, 2.24) is 10.2 Å². The van der Waals surface area contributed by atoms with E-state index in [1.165, 1.54) is 5.56 Å². The van der Waals surface area contributed by atoms with Gasteiger partial charge in [0.25, 0.3) is 0 Å². The normalized spacial score (nSPS) is 12.2. The molecule has 1 rings (SSSR count). The summed E-state index contributed by atoms with van der Waals surface area (Å²) >= 11 is 9.54. The van der Waals surface area contributed by atoms with Gasteiger partial charge in [0.15, 0.2) is 0 Å². The topological polar surface area (TPSA) is 15.3 Å². The van der Waals surface area contributed by atoms with E-state index in [4.69, 9.17) is 11.6 Å². The van der Waals surface area contributed by atoms with Crippen LogP contribution >= 0.6 is 27.5 Å². The first-order chi connectivity index (χ1) is 8.30. The number of benzene rings is 1. The van der Waals surface area contributed by atoms with Crippen LogP contribution in [0.2, 0.25) is 5.02 Å². The summed E-state index contributed by atoms with van der Waals surface area (Å²) in [6.45, 7) is 7.42. The molecule has 0 bridgehead atoms. The summed E-state index contributed by atoms with van der Waals surface area (Å²) in [6.07, 6.45) is 0. The molecule has 0 aliphatic carbocycles. The number of rotatable bonds is 6. The van der Waals surface area contributed by atoms with Crippen molar-refractivity contribution in [3.63, 3.8) is 0 Å². The van der Waals surface area contributed by atoms with Crippen LogP contribution in [-0.2, 0) is 6.54 Å². The molecule has 1 aromatic carbocycles. The van der Waals surface area contributed by atoms with Gasteiger partial charge >= 0.3 is 0 Å². The average Bonchev–Trinajstić information content (AvgIpc) is 2.21. The lowest BCUT2D eigenvalue weighted by atomic mass is 9.93. The van der Waals surface area contributed by atoms with Crippen LogP contribution in [0.5, 0.6) is 0 Å². The molecule has 102 valence electrons. The lowest BCUT2D eigenvalue weighted by molar-refractivity contribution is 0.232. The molecule has 0 aliphatic rings. The SMILES string of the molecule is CN(C)CC(C)(C)CNCc1cc(Cl)ccc1Br. The Morgan fingerprint density at radius 1 is 1.33 bits per heavy atom. The van der Waals surface area contributed by atoms with Gasteiger partial charge in [-0.05, 0) is 43.3 Å². The second-order valence-electron chi connectivity index (χ2n) is 5.74. The molecule has 0 unspecified atom stereocenters. The van der Waals surface area contributed by atoms with E-state index >= 15 is 0 Å². The smallest absolute Gasteiger partial charge is 0.0410 e. The molecule has 0 heterocycles. The largest absolute Gasteiger partial charge is 0.312 e. The first kappa shape index (κ1) is 16.0. The molecule has 4 heteroatoms. The van der Waals surface area contributed by atoms with Gasteiger partial charge < -0.3 is 10.2 Å². The van der Waals surface area contributed by atoms with Crippen molar-refractivity contribution in [3.8, 4) is 0 Å². The third-order valence-corrected chi connectivity index (χ3v) is 3.68. The predicted molar refractivity (Wildman–Crippen MR) is 83.2 cm³/mol. The van der Waals surface area contributed by atoms with E-state index in [0.29, 0.717) is 0 Å². The van der Waals surface area contributed by atoms with Crippen LogP contribution in [0.15, 0.2) is 22.7 Å². The Bertz CT molecular complexity index is 391. The summed E-state index contributed by atoms with van der Waals surface area (Å²) < 4.78 is 1.10. The van der Waals surface area contributed by atoms with Crippen LogP contribution in [0.3, 0.4) is 0 Å². The maximum atomic E-state index is 6.00. The maximum absolute atomic E-state index is 6.00. The van der Waals surface area contributed by atoms with Gasteiger partial charge in [-0.2, -0.15) is 0 Å². The molecular weight excluding hydrogens is 312 g/mol. The second kappa shape index (κ2) is 6.90. The summed E-state index contributed by atoms with van der Waals surface area (Å²) in [6, 6.07) is 5.88. The Morgan fingerprint density at radius 3 is 2.61 bits per heavy atom. The standard InChI is InChI=1S/C14H22BrClN2/c1-14(2,10-18(3)4)9-17-8-11-7-12(16)5-6-13(11)15/h5-7,17H,8-10H2,1-4H3. The Labute approximate surface area is 124 Å². The van der Waals surface area contributed by atoms with E-state index < -0.39 is 0 Å². The molecule has 0 saturated carbocycles. The van der Waals surface area contributed by atoms with Gasteiger partial charge in [-0.1, -0.05) is 41.4 Å². The highest BCUT2D eigenvalue weighted by Gasteiger charge is 2.18. The minimum atomic E-state index is 0.258. The molecule has 0 radical (unpaired) electrons. The first-order valence-electron chi connectivity index (χ1n) is 6.09. The van der Waals surface area contributed by atoms with E-state index in [1.54, 1.807) is 0 Å². The zero-order valence-corrected chi connectivity index (χ0v) is 13.9. The van der Waals surface area contributed by atoms with Crippen LogP contribution in [0.4, 0.5) is 0 Å². The van der Waals surface area contributed by atoms with Crippen LogP contribution < -0.4 is 5.32 Å². The molecule has 0 spiro atoms. The zero-order chi connectivity index (χ0) is 13.8. The lowest BCUT2D eigenvalue weighted by Gasteiger charge is -2.28. The highest BCUT2D eigenvalue weighted by molar-refractivity contribution is 9.10. The van der Waals surface area contributed by atoms with Crippen LogP contribution in [-0.4, -0.2) is 32.1 Å². The summed E-state index contributed by atoms with van der Waals surface area (Å²) in [4.78, 5) is 2.22. The molecule has 0 fully saturated rings. The summed E-state index contributed by atoms with van der Waals surface area (Å²) in [5, 5.41) is 4.28. The fraction of sp³-hybridized carbons (Fsp3) is 0.571. The van der Waals surface area contributed by atoms with Crippen molar-refractivity contribution in [1.29, 1.82) is 0 Å². The van der Waals surface area contributed by atoms with E-state index in [2.05, 4.69) is 54.1 Å². The molecule has 0 aromatic heterocycles. The average molecular weight is 334 g/mol. The van der Waals surface area contributed by atoms with Crippen molar-refractivity contribution in [2.45, 2.75) is 20.4 Å². The molecule has 1 aromatic rings. The number of halogens is 2. The fourth-order valence-corrected chi connectivity index (χ4v) is 2.71. The monoisotopic (exact) mass is 332 g/mol. The van der Waals surface area contributed by atoms with E-state index in [1.807, 2.05) is 18.2 Å². The quantitative estimate of drug-likeness (QED) is 0.852. The third-order valence-electron chi connectivity index (χ3n) is 2.67. The number of nitrogens with one attached hydrogen (secondary N) is 1. The van der Waals surface area contributed by atoms with Gasteiger partial charge in [-0.15, -0.1) is 0 Å². The van der Waals surface area contributed by atoms with E-state index in [-0.39, 0.29) is 5.41 Å². The van der Waals surface area contributed by atoms with Crippen molar-refractivity contribution in [2.24, 2.45) is 5.41 Å². The Morgan fingerprint density at radius 2 is 2.00 bits per heavy atom. The maximum Gasteiger partial charge on any atom is 0.0410 e. The molecule has 0 amide bonds. The molecule has 2 nitrogen and oxygen atoms in total. The van der Waals surface area contributed by atoms with Gasteiger partial charge in [0.1, 0.15) is 0 Å². The minimum Gasteiger partial charge on any atom is -0.312 e. The molecule has 1 N–H and O–H groups in total. The van der Waals surface area contributed by atoms with Crippen LogP contribution in [0.25, 0.3) is 0 Å². The molecule has 0 saturated heterocycles. The fourth-order valence-electron chi connectivity index (χ4n) is 2.13. The molecule has 18 heavy (non-hydrogen) atoms. The van der Waals surface area contributed by atoms with Crippen LogP contribution in [0, 0.1) is 5.41 Å².